The van der Waals surface area contributed by atoms with Crippen molar-refractivity contribution < 1.29 is 19.8 Å². The van der Waals surface area contributed by atoms with Gasteiger partial charge in [0.2, 0.25) is 6.35 Å². The van der Waals surface area contributed by atoms with Gasteiger partial charge in [0.05, 0.1) is 6.33 Å². The first kappa shape index (κ1) is 12.4. The van der Waals surface area contributed by atoms with E-state index in [0.29, 0.717) is 0 Å². The van der Waals surface area contributed by atoms with Gasteiger partial charge in [0.25, 0.3) is 5.91 Å². The number of aliphatic hydroxyl groups is 1. The van der Waals surface area contributed by atoms with Crippen molar-refractivity contribution in [3.63, 3.8) is 0 Å². The van der Waals surface area contributed by atoms with Crippen LogP contribution < -0.4 is 4.90 Å². The SMILES string of the molecule is C[C@@H](C(=O)O)n1cnc2c1C(=O)N(C)C(O)N2C. The van der Waals surface area contributed by atoms with Crippen LogP contribution in [0.1, 0.15) is 23.5 Å². The fraction of sp³-hybridized carbons (Fsp3) is 0.500. The van der Waals surface area contributed by atoms with Crippen molar-refractivity contribution in [3.05, 3.63) is 12.0 Å². The van der Waals surface area contributed by atoms with E-state index >= 15 is 0 Å². The van der Waals surface area contributed by atoms with E-state index in [9.17, 15) is 14.7 Å². The number of anilines is 1. The summed E-state index contributed by atoms with van der Waals surface area (Å²) in [6, 6.07) is -0.901. The lowest BCUT2D eigenvalue weighted by atomic mass is 10.2. The normalized spacial score (nSPS) is 20.9. The third kappa shape index (κ3) is 1.53. The Balaban J connectivity index is 2.55. The number of aliphatic hydroxyl groups excluding tert-OH is 1. The average molecular weight is 254 g/mol. The zero-order valence-electron chi connectivity index (χ0n) is 10.2. The highest BCUT2D eigenvalue weighted by molar-refractivity contribution is 5.99. The Hall–Kier alpha value is -2.09. The first-order valence-electron chi connectivity index (χ1n) is 5.34. The predicted octanol–water partition coefficient (Wildman–Crippen LogP) is -0.674. The number of rotatable bonds is 2. The molecule has 0 radical (unpaired) electrons. The Morgan fingerprint density at radius 3 is 2.61 bits per heavy atom. The number of nitrogens with zero attached hydrogens (tertiary/aromatic N) is 4. The predicted molar refractivity (Wildman–Crippen MR) is 61.1 cm³/mol. The molecule has 1 aromatic rings. The van der Waals surface area contributed by atoms with Crippen LogP contribution in [-0.4, -0.2) is 57.0 Å². The van der Waals surface area contributed by atoms with Crippen LogP contribution in [-0.2, 0) is 4.79 Å². The van der Waals surface area contributed by atoms with E-state index < -0.39 is 24.3 Å². The summed E-state index contributed by atoms with van der Waals surface area (Å²) in [4.78, 5) is 29.6. The van der Waals surface area contributed by atoms with Gasteiger partial charge in [0.15, 0.2) is 11.5 Å². The average Bonchev–Trinajstić information content (AvgIpc) is 2.77. The van der Waals surface area contributed by atoms with Crippen molar-refractivity contribution in [1.29, 1.82) is 0 Å². The van der Waals surface area contributed by atoms with Crippen LogP contribution in [0.3, 0.4) is 0 Å². The fourth-order valence-electron chi connectivity index (χ4n) is 1.87. The molecule has 0 fully saturated rings. The first-order chi connectivity index (χ1) is 8.36. The van der Waals surface area contributed by atoms with Gasteiger partial charge in [-0.3, -0.25) is 9.69 Å². The number of hydrogen-bond acceptors (Lipinski definition) is 5. The molecule has 0 saturated heterocycles. The monoisotopic (exact) mass is 254 g/mol. The molecular formula is C10H14N4O4. The number of carboxylic acids is 1. The van der Waals surface area contributed by atoms with E-state index in [1.54, 1.807) is 7.05 Å². The highest BCUT2D eigenvalue weighted by Crippen LogP contribution is 2.28. The minimum absolute atomic E-state index is 0.167. The van der Waals surface area contributed by atoms with E-state index in [-0.39, 0.29) is 11.5 Å². The molecule has 0 aromatic carbocycles. The van der Waals surface area contributed by atoms with Crippen LogP contribution in [0.2, 0.25) is 0 Å². The maximum atomic E-state index is 12.1. The summed E-state index contributed by atoms with van der Waals surface area (Å²) in [6.07, 6.45) is 0.192. The summed E-state index contributed by atoms with van der Waals surface area (Å²) in [6.45, 7) is 1.46. The topological polar surface area (TPSA) is 98.9 Å². The number of hydrogen-bond donors (Lipinski definition) is 2. The number of carbonyl (C=O) groups excluding carboxylic acids is 1. The number of aliphatic carboxylic acids is 1. The van der Waals surface area contributed by atoms with Crippen LogP contribution >= 0.6 is 0 Å². The molecule has 0 spiro atoms. The van der Waals surface area contributed by atoms with Crippen molar-refractivity contribution in [2.75, 3.05) is 19.0 Å². The highest BCUT2D eigenvalue weighted by Gasteiger charge is 2.37. The Kier molecular flexibility index (Phi) is 2.74. The molecule has 2 atom stereocenters. The molecular weight excluding hydrogens is 240 g/mol. The van der Waals surface area contributed by atoms with Crippen LogP contribution in [0.5, 0.6) is 0 Å². The second-order valence-electron chi connectivity index (χ2n) is 4.21. The van der Waals surface area contributed by atoms with Crippen molar-refractivity contribution >= 4 is 17.7 Å². The lowest BCUT2D eigenvalue weighted by molar-refractivity contribution is -0.140. The minimum Gasteiger partial charge on any atom is -0.480 e. The van der Waals surface area contributed by atoms with Gasteiger partial charge in [0.1, 0.15) is 6.04 Å². The molecule has 0 aliphatic carbocycles. The van der Waals surface area contributed by atoms with Crippen molar-refractivity contribution in [2.45, 2.75) is 19.3 Å². The zero-order valence-corrected chi connectivity index (χ0v) is 10.2. The minimum atomic E-state index is -1.10. The Morgan fingerprint density at radius 1 is 1.44 bits per heavy atom. The van der Waals surface area contributed by atoms with Crippen molar-refractivity contribution in [3.8, 4) is 0 Å². The molecule has 1 unspecified atom stereocenters. The standard InChI is InChI=1S/C10H14N4O4/c1-5(9(16)17)14-4-11-7-6(14)8(15)13(3)10(18)12(7)2/h4-5,10,18H,1-3H3,(H,16,17)/t5-,10?/m0/s1. The molecule has 0 saturated carbocycles. The first-order valence-corrected chi connectivity index (χ1v) is 5.34. The van der Waals surface area contributed by atoms with E-state index in [4.69, 9.17) is 5.11 Å². The number of imidazole rings is 1. The Bertz CT molecular complexity index is 512. The smallest absolute Gasteiger partial charge is 0.326 e. The van der Waals surface area contributed by atoms with Crippen LogP contribution in [0, 0.1) is 0 Å². The van der Waals surface area contributed by atoms with E-state index in [2.05, 4.69) is 4.98 Å². The zero-order chi connectivity index (χ0) is 13.6. The third-order valence-electron chi connectivity index (χ3n) is 3.10. The molecule has 2 rings (SSSR count). The molecule has 18 heavy (non-hydrogen) atoms. The number of fused-ring (bicyclic) bond motifs is 1. The summed E-state index contributed by atoms with van der Waals surface area (Å²) in [7, 11) is 3.02. The van der Waals surface area contributed by atoms with E-state index in [1.165, 1.54) is 29.8 Å². The van der Waals surface area contributed by atoms with Crippen molar-refractivity contribution in [1.82, 2.24) is 14.5 Å². The maximum absolute atomic E-state index is 12.1. The van der Waals surface area contributed by atoms with E-state index in [1.807, 2.05) is 0 Å². The Morgan fingerprint density at radius 2 is 2.06 bits per heavy atom. The van der Waals surface area contributed by atoms with E-state index in [0.717, 1.165) is 4.90 Å². The third-order valence-corrected chi connectivity index (χ3v) is 3.10. The van der Waals surface area contributed by atoms with Gasteiger partial charge in [-0.1, -0.05) is 0 Å². The summed E-state index contributed by atoms with van der Waals surface area (Å²) in [5.41, 5.74) is 0.167. The molecule has 8 nitrogen and oxygen atoms in total. The second kappa shape index (κ2) is 3.98. The molecule has 2 heterocycles. The molecule has 2 N–H and O–H groups in total. The number of aromatic nitrogens is 2. The molecule has 1 aromatic heterocycles. The fourth-order valence-corrected chi connectivity index (χ4v) is 1.87. The molecule has 1 aliphatic rings. The van der Waals surface area contributed by atoms with Gasteiger partial charge in [-0.25, -0.2) is 9.78 Å². The van der Waals surface area contributed by atoms with Crippen LogP contribution in [0.15, 0.2) is 6.33 Å². The second-order valence-corrected chi connectivity index (χ2v) is 4.21. The molecule has 8 heteroatoms. The molecule has 0 bridgehead atoms. The number of carbonyl (C=O) groups is 2. The Labute approximate surface area is 103 Å². The van der Waals surface area contributed by atoms with Gasteiger partial charge >= 0.3 is 5.97 Å². The van der Waals surface area contributed by atoms with Gasteiger partial charge < -0.3 is 19.7 Å². The summed E-state index contributed by atoms with van der Waals surface area (Å²) in [5.74, 6) is -1.24. The van der Waals surface area contributed by atoms with Gasteiger partial charge in [-0.2, -0.15) is 0 Å². The number of carboxylic acid groups (broad SMARTS) is 1. The molecule has 98 valence electrons. The van der Waals surface area contributed by atoms with Gasteiger partial charge in [0, 0.05) is 14.1 Å². The molecule has 1 amide bonds. The largest absolute Gasteiger partial charge is 0.480 e. The summed E-state index contributed by atoms with van der Waals surface area (Å²) >= 11 is 0. The lowest BCUT2D eigenvalue weighted by Gasteiger charge is -2.36. The van der Waals surface area contributed by atoms with Gasteiger partial charge in [-0.15, -0.1) is 0 Å². The van der Waals surface area contributed by atoms with Crippen LogP contribution in [0.25, 0.3) is 0 Å². The maximum Gasteiger partial charge on any atom is 0.326 e. The quantitative estimate of drug-likeness (QED) is 0.726. The number of amides is 1. The van der Waals surface area contributed by atoms with Crippen molar-refractivity contribution in [2.24, 2.45) is 0 Å². The summed E-state index contributed by atoms with van der Waals surface area (Å²) in [5, 5.41) is 18.8. The summed E-state index contributed by atoms with van der Waals surface area (Å²) < 4.78 is 1.29. The lowest BCUT2D eigenvalue weighted by Crippen LogP contribution is -2.52. The highest BCUT2D eigenvalue weighted by atomic mass is 16.4. The molecule has 1 aliphatic heterocycles. The van der Waals surface area contributed by atoms with Crippen LogP contribution in [0.4, 0.5) is 5.82 Å². The van der Waals surface area contributed by atoms with Gasteiger partial charge in [-0.05, 0) is 6.92 Å².